The summed E-state index contributed by atoms with van der Waals surface area (Å²) in [6, 6.07) is 11.1. The molecule has 7 nitrogen and oxygen atoms in total. The molecule has 0 N–H and O–H groups in total. The average Bonchev–Trinajstić information content (AvgIpc) is 3.22. The molecule has 2 heterocycles. The van der Waals surface area contributed by atoms with Crippen LogP contribution in [0, 0.1) is 0 Å². The molecule has 0 unspecified atom stereocenters. The summed E-state index contributed by atoms with van der Waals surface area (Å²) in [4.78, 5) is 16.6. The minimum absolute atomic E-state index is 0.171. The zero-order chi connectivity index (χ0) is 24.7. The first-order chi connectivity index (χ1) is 15.9. The third kappa shape index (κ3) is 4.97. The van der Waals surface area contributed by atoms with Crippen LogP contribution in [0.2, 0.25) is 0 Å². The number of alkyl halides is 3. The third-order valence-corrected chi connectivity index (χ3v) is 7.53. The van der Waals surface area contributed by atoms with E-state index >= 15 is 0 Å². The zero-order valence-electron chi connectivity index (χ0n) is 18.4. The summed E-state index contributed by atoms with van der Waals surface area (Å²) in [5, 5.41) is 1.02. The number of anilines is 1. The van der Waals surface area contributed by atoms with Crippen molar-refractivity contribution in [3.05, 3.63) is 48.0 Å². The largest absolute Gasteiger partial charge is 0.480 e. The normalized spacial score (nSPS) is 16.0. The Hall–Kier alpha value is -2.86. The lowest BCUT2D eigenvalue weighted by molar-refractivity contribution is -0.189. The van der Waals surface area contributed by atoms with Crippen molar-refractivity contribution in [2.75, 3.05) is 37.3 Å². The fourth-order valence-corrected chi connectivity index (χ4v) is 5.10. The maximum absolute atomic E-state index is 13.3. The number of halogens is 3. The molecule has 1 fully saturated rings. The van der Waals surface area contributed by atoms with Crippen LogP contribution in [0.5, 0.6) is 5.75 Å². The molecule has 2 aromatic carbocycles. The Morgan fingerprint density at radius 3 is 2.44 bits per heavy atom. The number of fused-ring (bicyclic) bond motifs is 1. The molecule has 0 spiro atoms. The number of benzene rings is 2. The fourth-order valence-electron chi connectivity index (χ4n) is 3.66. The SMILES string of the molecule is C[C@H](Oc1ccc(S(C)(=O)=O)cc1C(=O)N1CCN(c2nsc3ccccc23)CC1)C(F)(F)F. The second-order valence-electron chi connectivity index (χ2n) is 8.01. The molecule has 34 heavy (non-hydrogen) atoms. The topological polar surface area (TPSA) is 79.8 Å². The van der Waals surface area contributed by atoms with Crippen LogP contribution in [0.3, 0.4) is 0 Å². The molecule has 0 saturated carbocycles. The third-order valence-electron chi connectivity index (χ3n) is 5.60. The van der Waals surface area contributed by atoms with E-state index < -0.39 is 28.0 Å². The van der Waals surface area contributed by atoms with Crippen molar-refractivity contribution < 1.29 is 31.1 Å². The Balaban J connectivity index is 1.57. The Morgan fingerprint density at radius 2 is 1.79 bits per heavy atom. The summed E-state index contributed by atoms with van der Waals surface area (Å²) in [6.07, 6.45) is -5.85. The average molecular weight is 514 g/mol. The van der Waals surface area contributed by atoms with Gasteiger partial charge in [0.1, 0.15) is 11.6 Å². The minimum Gasteiger partial charge on any atom is -0.480 e. The van der Waals surface area contributed by atoms with Crippen molar-refractivity contribution in [3.8, 4) is 5.75 Å². The highest BCUT2D eigenvalue weighted by Gasteiger charge is 2.39. The van der Waals surface area contributed by atoms with E-state index in [4.69, 9.17) is 4.74 Å². The second-order valence-corrected chi connectivity index (χ2v) is 10.8. The van der Waals surface area contributed by atoms with Gasteiger partial charge >= 0.3 is 6.18 Å². The van der Waals surface area contributed by atoms with Gasteiger partial charge in [-0.1, -0.05) is 12.1 Å². The van der Waals surface area contributed by atoms with Crippen LogP contribution < -0.4 is 9.64 Å². The lowest BCUT2D eigenvalue weighted by atomic mass is 10.1. The van der Waals surface area contributed by atoms with Gasteiger partial charge in [-0.3, -0.25) is 4.79 Å². The van der Waals surface area contributed by atoms with Gasteiger partial charge in [-0.2, -0.15) is 17.5 Å². The molecule has 1 aliphatic rings. The molecule has 1 atom stereocenters. The lowest BCUT2D eigenvalue weighted by Crippen LogP contribution is -2.49. The molecule has 0 aliphatic carbocycles. The molecule has 12 heteroatoms. The van der Waals surface area contributed by atoms with Gasteiger partial charge in [-0.15, -0.1) is 0 Å². The van der Waals surface area contributed by atoms with E-state index in [0.29, 0.717) is 26.2 Å². The van der Waals surface area contributed by atoms with Gasteiger partial charge < -0.3 is 14.5 Å². The van der Waals surface area contributed by atoms with E-state index in [1.807, 2.05) is 24.3 Å². The smallest absolute Gasteiger partial charge is 0.425 e. The van der Waals surface area contributed by atoms with Crippen LogP contribution in [0.15, 0.2) is 47.4 Å². The van der Waals surface area contributed by atoms with Gasteiger partial charge in [0.15, 0.2) is 15.9 Å². The second kappa shape index (κ2) is 9.06. The standard InChI is InChI=1S/C22H22F3N3O4S2/c1-14(22(23,24)25)32-18-8-7-15(34(2,30)31)13-17(18)21(29)28-11-9-27(10-12-28)20-16-5-3-4-6-19(16)33-26-20/h3-8,13-14H,9-12H2,1-2H3/t14-/m0/s1. The molecule has 1 aliphatic heterocycles. The number of carbonyl (C=O) groups excluding carboxylic acids is 1. The highest BCUT2D eigenvalue weighted by atomic mass is 32.2. The number of rotatable bonds is 5. The predicted molar refractivity (Wildman–Crippen MR) is 123 cm³/mol. The van der Waals surface area contributed by atoms with E-state index in [9.17, 15) is 26.4 Å². The zero-order valence-corrected chi connectivity index (χ0v) is 20.0. The number of ether oxygens (including phenoxy) is 1. The summed E-state index contributed by atoms with van der Waals surface area (Å²) < 4.78 is 73.8. The first-order valence-corrected chi connectivity index (χ1v) is 13.1. The molecule has 0 bridgehead atoms. The number of piperazine rings is 1. The number of hydrogen-bond acceptors (Lipinski definition) is 7. The summed E-state index contributed by atoms with van der Waals surface area (Å²) >= 11 is 1.39. The number of hydrogen-bond donors (Lipinski definition) is 0. The van der Waals surface area contributed by atoms with Gasteiger partial charge in [0.2, 0.25) is 0 Å². The first kappa shape index (κ1) is 24.3. The number of carbonyl (C=O) groups is 1. The van der Waals surface area contributed by atoms with Crippen molar-refractivity contribution in [2.45, 2.75) is 24.1 Å². The quantitative estimate of drug-likeness (QED) is 0.513. The van der Waals surface area contributed by atoms with Gasteiger partial charge in [0.25, 0.3) is 5.91 Å². The van der Waals surface area contributed by atoms with Crippen LogP contribution in [-0.2, 0) is 9.84 Å². The Bertz CT molecular complexity index is 1320. The van der Waals surface area contributed by atoms with E-state index in [0.717, 1.165) is 47.3 Å². The van der Waals surface area contributed by atoms with Crippen molar-refractivity contribution in [1.82, 2.24) is 9.27 Å². The van der Waals surface area contributed by atoms with Crippen LogP contribution in [0.25, 0.3) is 10.1 Å². The van der Waals surface area contributed by atoms with Crippen LogP contribution in [0.1, 0.15) is 17.3 Å². The van der Waals surface area contributed by atoms with Crippen molar-refractivity contribution >= 4 is 43.2 Å². The highest BCUT2D eigenvalue weighted by molar-refractivity contribution is 7.90. The Labute approximate surface area is 198 Å². The monoisotopic (exact) mass is 513 g/mol. The Kier molecular flexibility index (Phi) is 6.47. The number of nitrogens with zero attached hydrogens (tertiary/aromatic N) is 3. The van der Waals surface area contributed by atoms with Crippen LogP contribution in [-0.4, -0.2) is 68.3 Å². The molecule has 182 valence electrons. The summed E-state index contributed by atoms with van der Waals surface area (Å²) in [5.41, 5.74) is -0.216. The molecular weight excluding hydrogens is 491 g/mol. The Morgan fingerprint density at radius 1 is 1.12 bits per heavy atom. The van der Waals surface area contributed by atoms with E-state index in [-0.39, 0.29) is 16.2 Å². The highest BCUT2D eigenvalue weighted by Crippen LogP contribution is 2.32. The molecule has 1 aromatic heterocycles. The van der Waals surface area contributed by atoms with Crippen molar-refractivity contribution in [1.29, 1.82) is 0 Å². The molecule has 3 aromatic rings. The van der Waals surface area contributed by atoms with Gasteiger partial charge in [0, 0.05) is 37.8 Å². The van der Waals surface area contributed by atoms with Gasteiger partial charge in [-0.05, 0) is 48.8 Å². The summed E-state index contributed by atoms with van der Waals surface area (Å²) in [6.45, 7) is 2.36. The predicted octanol–water partition coefficient (Wildman–Crippen LogP) is 3.99. The minimum atomic E-state index is -4.64. The molecular formula is C22H22F3N3O4S2. The number of aromatic nitrogens is 1. The van der Waals surface area contributed by atoms with E-state index in [1.165, 1.54) is 16.4 Å². The van der Waals surface area contributed by atoms with Crippen LogP contribution >= 0.6 is 11.5 Å². The maximum Gasteiger partial charge on any atom is 0.425 e. The first-order valence-electron chi connectivity index (χ1n) is 10.4. The fraction of sp³-hybridized carbons (Fsp3) is 0.364. The van der Waals surface area contributed by atoms with Gasteiger partial charge in [0.05, 0.1) is 15.2 Å². The van der Waals surface area contributed by atoms with Gasteiger partial charge in [-0.25, -0.2) is 8.42 Å². The molecule has 1 saturated heterocycles. The summed E-state index contributed by atoms with van der Waals surface area (Å²) in [5.74, 6) is -0.0670. The molecule has 4 rings (SSSR count). The number of sulfone groups is 1. The molecule has 0 radical (unpaired) electrons. The number of amides is 1. The maximum atomic E-state index is 13.3. The van der Waals surface area contributed by atoms with Crippen LogP contribution in [0.4, 0.5) is 19.0 Å². The van der Waals surface area contributed by atoms with E-state index in [2.05, 4.69) is 9.27 Å². The molecule has 1 amide bonds. The van der Waals surface area contributed by atoms with Crippen molar-refractivity contribution in [2.24, 2.45) is 0 Å². The van der Waals surface area contributed by atoms with Crippen molar-refractivity contribution in [3.63, 3.8) is 0 Å². The van der Waals surface area contributed by atoms with E-state index in [1.54, 1.807) is 0 Å². The lowest BCUT2D eigenvalue weighted by Gasteiger charge is -2.35. The summed E-state index contributed by atoms with van der Waals surface area (Å²) in [7, 11) is -3.69.